The van der Waals surface area contributed by atoms with Gasteiger partial charge in [-0.05, 0) is 31.5 Å². The molecule has 4 N–H and O–H groups in total. The number of nitrogens with zero attached hydrogens (tertiary/aromatic N) is 2. The molecule has 1 aliphatic carbocycles. The monoisotopic (exact) mass is 529 g/mol. The lowest BCUT2D eigenvalue weighted by Crippen LogP contribution is -2.43. The molecule has 0 spiro atoms. The van der Waals surface area contributed by atoms with E-state index in [9.17, 15) is 31.5 Å². The van der Waals surface area contributed by atoms with Crippen molar-refractivity contribution < 1.29 is 36.3 Å². The molecule has 1 fully saturated rings. The van der Waals surface area contributed by atoms with Crippen LogP contribution in [0.15, 0.2) is 35.5 Å². The number of amidine groups is 1. The molecule has 2 heterocycles. The number of nitrogens with one attached hydrogen (secondary N) is 2. The molecule has 4 rings (SSSR count). The highest BCUT2D eigenvalue weighted by Gasteiger charge is 2.70. The van der Waals surface area contributed by atoms with Crippen molar-refractivity contribution in [1.82, 2.24) is 10.3 Å². The van der Waals surface area contributed by atoms with Gasteiger partial charge in [0, 0.05) is 30.3 Å². The first kappa shape index (κ1) is 25.7. The number of aliphatic imine (C=N–C) groups is 1. The summed E-state index contributed by atoms with van der Waals surface area (Å²) in [7, 11) is 1.46. The predicted molar refractivity (Wildman–Crippen MR) is 122 cm³/mol. The van der Waals surface area contributed by atoms with Crippen LogP contribution < -0.4 is 21.1 Å². The minimum Gasteiger partial charge on any atom is -0.483 e. The number of pyridine rings is 1. The number of aromatic nitrogens is 1. The van der Waals surface area contributed by atoms with Gasteiger partial charge in [0.25, 0.3) is 5.91 Å². The van der Waals surface area contributed by atoms with Gasteiger partial charge in [0.1, 0.15) is 16.2 Å². The lowest BCUT2D eigenvalue weighted by atomic mass is 9.85. The van der Waals surface area contributed by atoms with E-state index in [1.807, 2.05) is 0 Å². The average molecular weight is 529 g/mol. The third-order valence-corrected chi connectivity index (χ3v) is 7.33. The van der Waals surface area contributed by atoms with Crippen molar-refractivity contribution in [1.29, 1.82) is 0 Å². The van der Waals surface area contributed by atoms with Crippen LogP contribution in [0.5, 0.6) is 5.75 Å². The number of fused-ring (bicyclic) bond motifs is 1. The van der Waals surface area contributed by atoms with Crippen LogP contribution in [0.1, 0.15) is 29.4 Å². The summed E-state index contributed by atoms with van der Waals surface area (Å²) < 4.78 is 70.0. The van der Waals surface area contributed by atoms with E-state index in [1.54, 1.807) is 6.92 Å². The Morgan fingerprint density at radius 1 is 1.28 bits per heavy atom. The van der Waals surface area contributed by atoms with E-state index in [4.69, 9.17) is 5.73 Å². The molecule has 0 saturated heterocycles. The lowest BCUT2D eigenvalue weighted by molar-refractivity contribution is -0.153. The number of hydrogen-bond donors (Lipinski definition) is 3. The number of halogens is 5. The number of alkyl halides is 3. The van der Waals surface area contributed by atoms with Crippen LogP contribution in [-0.4, -0.2) is 46.5 Å². The fraction of sp³-hybridized carbons (Fsp3) is 0.364. The van der Waals surface area contributed by atoms with Crippen LogP contribution in [0.3, 0.4) is 0 Å². The fourth-order valence-corrected chi connectivity index (χ4v) is 5.70. The highest BCUT2D eigenvalue weighted by molar-refractivity contribution is 8.15. The number of ether oxygens (including phenoxy) is 1. The van der Waals surface area contributed by atoms with E-state index in [-0.39, 0.29) is 33.8 Å². The molecule has 8 nitrogen and oxygen atoms in total. The van der Waals surface area contributed by atoms with Crippen molar-refractivity contribution >= 4 is 34.4 Å². The maximum Gasteiger partial charge on any atom is 0.422 e. The van der Waals surface area contributed by atoms with Gasteiger partial charge >= 0.3 is 6.18 Å². The zero-order chi connectivity index (χ0) is 26.5. The summed E-state index contributed by atoms with van der Waals surface area (Å²) >= 11 is 1.07. The van der Waals surface area contributed by atoms with Crippen LogP contribution in [0, 0.1) is 17.6 Å². The predicted octanol–water partition coefficient (Wildman–Crippen LogP) is 3.33. The van der Waals surface area contributed by atoms with Crippen molar-refractivity contribution in [2.24, 2.45) is 16.6 Å². The van der Waals surface area contributed by atoms with Crippen LogP contribution in [0.2, 0.25) is 0 Å². The van der Waals surface area contributed by atoms with E-state index < -0.39 is 46.5 Å². The molecule has 0 radical (unpaired) electrons. The molecule has 1 aromatic carbocycles. The Morgan fingerprint density at radius 3 is 2.61 bits per heavy atom. The van der Waals surface area contributed by atoms with Crippen molar-refractivity contribution in [2.45, 2.75) is 29.8 Å². The van der Waals surface area contributed by atoms with Gasteiger partial charge < -0.3 is 21.1 Å². The molecule has 0 unspecified atom stereocenters. The molecule has 0 bridgehead atoms. The van der Waals surface area contributed by atoms with Gasteiger partial charge in [-0.15, -0.1) is 0 Å². The minimum absolute atomic E-state index is 0.0427. The van der Waals surface area contributed by atoms with Gasteiger partial charge in [0.2, 0.25) is 5.91 Å². The van der Waals surface area contributed by atoms with E-state index >= 15 is 0 Å². The molecule has 192 valence electrons. The highest BCUT2D eigenvalue weighted by atomic mass is 32.2. The Kier molecular flexibility index (Phi) is 6.35. The number of carbonyl (C=O) groups excluding carboxylic acids is 2. The summed E-state index contributed by atoms with van der Waals surface area (Å²) in [6.45, 7) is 0.0178. The SMILES string of the molecule is CNC(=O)[C@]12C[C@H]1[C@@](C)(c1cc(NC(=O)c3ccc(OCC(F)(F)F)cn3)cc(F)c1F)N=C(N)S2. The van der Waals surface area contributed by atoms with Crippen LogP contribution in [0.4, 0.5) is 27.6 Å². The zero-order valence-electron chi connectivity index (χ0n) is 18.9. The Hall–Kier alpha value is -3.42. The van der Waals surface area contributed by atoms with E-state index in [0.29, 0.717) is 6.42 Å². The second-order valence-electron chi connectivity index (χ2n) is 8.48. The standard InChI is InChI=1S/C22H20F5N5O3S/c1-20(15-7-21(15,18(34)29-2)36-19(28)32-20)12-5-10(6-13(23)16(12)24)31-17(33)14-4-3-11(8-30-14)35-9-22(25,26)27/h3-6,8,15H,7,9H2,1-2H3,(H2,28,32)(H,29,34)(H,31,33)/t15-,20+,21-/m0/s1. The molecule has 2 aliphatic rings. The number of nitrogens with two attached hydrogens (primary N) is 1. The van der Waals surface area contributed by atoms with Gasteiger partial charge in [-0.2, -0.15) is 13.2 Å². The molecule has 1 aliphatic heterocycles. The second kappa shape index (κ2) is 8.91. The molecule has 14 heteroatoms. The van der Waals surface area contributed by atoms with Gasteiger partial charge in [-0.1, -0.05) is 11.8 Å². The number of amides is 2. The topological polar surface area (TPSA) is 119 Å². The van der Waals surface area contributed by atoms with Crippen molar-refractivity contribution in [2.75, 3.05) is 19.0 Å². The normalized spacial score (nSPS) is 24.9. The van der Waals surface area contributed by atoms with E-state index in [0.717, 1.165) is 36.2 Å². The number of thioether (sulfide) groups is 1. The zero-order valence-corrected chi connectivity index (χ0v) is 19.7. The number of rotatable bonds is 6. The first-order valence-electron chi connectivity index (χ1n) is 10.5. The van der Waals surface area contributed by atoms with Crippen molar-refractivity contribution in [3.05, 3.63) is 53.4 Å². The summed E-state index contributed by atoms with van der Waals surface area (Å²) in [4.78, 5) is 33.2. The Bertz CT molecular complexity index is 1260. The van der Waals surface area contributed by atoms with E-state index in [1.165, 1.54) is 13.1 Å². The van der Waals surface area contributed by atoms with Crippen LogP contribution in [0.25, 0.3) is 0 Å². The summed E-state index contributed by atoms with van der Waals surface area (Å²) in [5.41, 5.74) is 4.05. The summed E-state index contributed by atoms with van der Waals surface area (Å²) in [6.07, 6.45) is -3.27. The molecule has 1 aromatic heterocycles. The van der Waals surface area contributed by atoms with Gasteiger partial charge in [0.05, 0.1) is 11.7 Å². The smallest absolute Gasteiger partial charge is 0.422 e. The summed E-state index contributed by atoms with van der Waals surface area (Å²) in [5.74, 6) is -4.27. The first-order chi connectivity index (χ1) is 16.8. The van der Waals surface area contributed by atoms with Crippen molar-refractivity contribution in [3.8, 4) is 5.75 Å². The maximum atomic E-state index is 15.0. The van der Waals surface area contributed by atoms with E-state index in [2.05, 4.69) is 25.3 Å². The largest absolute Gasteiger partial charge is 0.483 e. The third-order valence-electron chi connectivity index (χ3n) is 6.03. The molecule has 36 heavy (non-hydrogen) atoms. The molecule has 1 saturated carbocycles. The average Bonchev–Trinajstić information content (AvgIpc) is 3.55. The number of hydrogen-bond acceptors (Lipinski definition) is 7. The van der Waals surface area contributed by atoms with Crippen molar-refractivity contribution in [3.63, 3.8) is 0 Å². The van der Waals surface area contributed by atoms with Gasteiger partial charge in [-0.3, -0.25) is 14.6 Å². The second-order valence-corrected chi connectivity index (χ2v) is 9.83. The van der Waals surface area contributed by atoms with Crippen LogP contribution >= 0.6 is 11.8 Å². The number of benzene rings is 1. The quantitative estimate of drug-likeness (QED) is 0.494. The minimum atomic E-state index is -4.54. The molecular formula is C22H20F5N5O3S. The van der Waals surface area contributed by atoms with Gasteiger partial charge in [0.15, 0.2) is 23.4 Å². The third kappa shape index (κ3) is 4.68. The number of anilines is 1. The lowest BCUT2D eigenvalue weighted by Gasteiger charge is -2.33. The van der Waals surface area contributed by atoms with Gasteiger partial charge in [-0.25, -0.2) is 13.8 Å². The Labute approximate surface area is 205 Å². The van der Waals surface area contributed by atoms with Crippen LogP contribution in [-0.2, 0) is 10.3 Å². The highest BCUT2D eigenvalue weighted by Crippen LogP contribution is 2.66. The molecule has 2 aromatic rings. The Balaban J connectivity index is 1.58. The number of carbonyl (C=O) groups is 2. The molecule has 2 amide bonds. The first-order valence-corrected chi connectivity index (χ1v) is 11.3. The molecule has 3 atom stereocenters. The fourth-order valence-electron chi connectivity index (χ4n) is 4.27. The summed E-state index contributed by atoms with van der Waals surface area (Å²) in [5, 5.41) is 4.99. The summed E-state index contributed by atoms with van der Waals surface area (Å²) in [6, 6.07) is 4.21. The maximum absolute atomic E-state index is 15.0. The molecular weight excluding hydrogens is 509 g/mol. The Morgan fingerprint density at radius 2 is 2.00 bits per heavy atom.